The number of nitriles is 1. The Balaban J connectivity index is 2.38. The van der Waals surface area contributed by atoms with Crippen molar-refractivity contribution in [2.24, 2.45) is 5.92 Å². The second-order valence-electron chi connectivity index (χ2n) is 4.96. The molecule has 17 heavy (non-hydrogen) atoms. The molecule has 1 fully saturated rings. The topological polar surface area (TPSA) is 27.0 Å². The van der Waals surface area contributed by atoms with E-state index in [1.807, 2.05) is 12.1 Å². The van der Waals surface area contributed by atoms with Crippen LogP contribution in [0.3, 0.4) is 0 Å². The highest BCUT2D eigenvalue weighted by Gasteiger charge is 2.24. The highest BCUT2D eigenvalue weighted by Crippen LogP contribution is 2.31. The molecule has 1 heterocycles. The molecule has 1 aliphatic rings. The van der Waals surface area contributed by atoms with Crippen LogP contribution in [-0.4, -0.2) is 12.6 Å². The summed E-state index contributed by atoms with van der Waals surface area (Å²) in [7, 11) is 0. The van der Waals surface area contributed by atoms with Crippen LogP contribution in [0.5, 0.6) is 0 Å². The third kappa shape index (κ3) is 2.56. The second-order valence-corrected chi connectivity index (χ2v) is 5.39. The van der Waals surface area contributed by atoms with Gasteiger partial charge in [0.25, 0.3) is 0 Å². The van der Waals surface area contributed by atoms with Gasteiger partial charge in [-0.2, -0.15) is 5.26 Å². The second kappa shape index (κ2) is 4.98. The van der Waals surface area contributed by atoms with Crippen molar-refractivity contribution in [3.8, 4) is 6.07 Å². The molecule has 0 amide bonds. The lowest BCUT2D eigenvalue weighted by molar-refractivity contribution is 0.390. The Morgan fingerprint density at radius 2 is 2.12 bits per heavy atom. The molecular formula is C14H17ClN2. The number of rotatable bonds is 1. The number of benzene rings is 1. The molecular weight excluding hydrogens is 232 g/mol. The van der Waals surface area contributed by atoms with Crippen molar-refractivity contribution < 1.29 is 0 Å². The number of hydrogen-bond acceptors (Lipinski definition) is 2. The number of anilines is 1. The van der Waals surface area contributed by atoms with E-state index >= 15 is 0 Å². The van der Waals surface area contributed by atoms with Crippen LogP contribution >= 0.6 is 11.6 Å². The smallest absolute Gasteiger partial charge is 0.101 e. The lowest BCUT2D eigenvalue weighted by atomic mass is 9.94. The Labute approximate surface area is 108 Å². The fraction of sp³-hybridized carbons (Fsp3) is 0.500. The first-order chi connectivity index (χ1) is 8.11. The van der Waals surface area contributed by atoms with Crippen molar-refractivity contribution in [2.75, 3.05) is 11.4 Å². The summed E-state index contributed by atoms with van der Waals surface area (Å²) in [5.74, 6) is 0.678. The monoisotopic (exact) mass is 248 g/mol. The van der Waals surface area contributed by atoms with Crippen LogP contribution in [0.1, 0.15) is 32.3 Å². The van der Waals surface area contributed by atoms with Gasteiger partial charge in [-0.1, -0.05) is 18.5 Å². The SMILES string of the molecule is CC1CCC(C)N(c2cc(Cl)ccc2C#N)C1. The molecule has 2 rings (SSSR count). The van der Waals surface area contributed by atoms with Crippen molar-refractivity contribution in [1.82, 2.24) is 0 Å². The third-order valence-corrected chi connectivity index (χ3v) is 3.74. The van der Waals surface area contributed by atoms with Gasteiger partial charge in [-0.25, -0.2) is 0 Å². The van der Waals surface area contributed by atoms with Crippen molar-refractivity contribution in [3.63, 3.8) is 0 Å². The molecule has 0 aromatic heterocycles. The Bertz CT molecular complexity index is 450. The van der Waals surface area contributed by atoms with Gasteiger partial charge >= 0.3 is 0 Å². The van der Waals surface area contributed by atoms with Crippen LogP contribution in [0.15, 0.2) is 18.2 Å². The summed E-state index contributed by atoms with van der Waals surface area (Å²) in [6.45, 7) is 5.49. The highest BCUT2D eigenvalue weighted by molar-refractivity contribution is 6.30. The van der Waals surface area contributed by atoms with E-state index in [2.05, 4.69) is 24.8 Å². The van der Waals surface area contributed by atoms with Crippen molar-refractivity contribution in [3.05, 3.63) is 28.8 Å². The standard InChI is InChI=1S/C14H17ClN2/c1-10-3-4-11(2)17(9-10)14-7-13(15)6-5-12(14)8-16/h5-7,10-11H,3-4,9H2,1-2H3. The molecule has 1 saturated heterocycles. The fourth-order valence-corrected chi connectivity index (χ4v) is 2.63. The number of halogens is 1. The zero-order valence-corrected chi connectivity index (χ0v) is 11.0. The molecule has 0 spiro atoms. The molecule has 1 aliphatic heterocycles. The van der Waals surface area contributed by atoms with Crippen LogP contribution in [-0.2, 0) is 0 Å². The molecule has 0 aliphatic carbocycles. The summed E-state index contributed by atoms with van der Waals surface area (Å²) in [5.41, 5.74) is 1.70. The number of nitrogens with zero attached hydrogens (tertiary/aromatic N) is 2. The molecule has 0 radical (unpaired) electrons. The number of hydrogen-bond donors (Lipinski definition) is 0. The normalized spacial score (nSPS) is 24.5. The lowest BCUT2D eigenvalue weighted by Gasteiger charge is -2.39. The minimum Gasteiger partial charge on any atom is -0.367 e. The summed E-state index contributed by atoms with van der Waals surface area (Å²) >= 11 is 6.04. The Hall–Kier alpha value is -1.20. The Morgan fingerprint density at radius 3 is 2.82 bits per heavy atom. The van der Waals surface area contributed by atoms with Gasteiger partial charge in [-0.15, -0.1) is 0 Å². The summed E-state index contributed by atoms with van der Waals surface area (Å²) in [4.78, 5) is 2.32. The summed E-state index contributed by atoms with van der Waals surface area (Å²) in [6, 6.07) is 8.24. The molecule has 2 unspecified atom stereocenters. The van der Waals surface area contributed by atoms with Gasteiger partial charge in [-0.05, 0) is 43.9 Å². The van der Waals surface area contributed by atoms with Crippen molar-refractivity contribution in [2.45, 2.75) is 32.7 Å². The van der Waals surface area contributed by atoms with Gasteiger partial charge in [0.1, 0.15) is 6.07 Å². The maximum Gasteiger partial charge on any atom is 0.101 e. The first kappa shape index (κ1) is 12.3. The molecule has 3 heteroatoms. The van der Waals surface area contributed by atoms with E-state index in [-0.39, 0.29) is 0 Å². The first-order valence-corrected chi connectivity index (χ1v) is 6.46. The van der Waals surface area contributed by atoms with E-state index in [0.717, 1.165) is 17.8 Å². The van der Waals surface area contributed by atoms with Crippen molar-refractivity contribution >= 4 is 17.3 Å². The Kier molecular flexibility index (Phi) is 3.59. The van der Waals surface area contributed by atoms with E-state index in [1.54, 1.807) is 6.07 Å². The predicted molar refractivity (Wildman–Crippen MR) is 71.4 cm³/mol. The molecule has 1 aromatic rings. The minimum absolute atomic E-state index is 0.483. The molecule has 2 nitrogen and oxygen atoms in total. The predicted octanol–water partition coefficient (Wildman–Crippen LogP) is 3.84. The van der Waals surface area contributed by atoms with E-state index in [1.165, 1.54) is 12.8 Å². The largest absolute Gasteiger partial charge is 0.367 e. The number of piperidine rings is 1. The zero-order valence-electron chi connectivity index (χ0n) is 10.3. The van der Waals surface area contributed by atoms with Crippen LogP contribution in [0.4, 0.5) is 5.69 Å². The van der Waals surface area contributed by atoms with Gasteiger partial charge < -0.3 is 4.90 Å². The van der Waals surface area contributed by atoms with Crippen LogP contribution < -0.4 is 4.90 Å². The summed E-state index contributed by atoms with van der Waals surface area (Å²) in [6.07, 6.45) is 2.44. The molecule has 0 bridgehead atoms. The lowest BCUT2D eigenvalue weighted by Crippen LogP contribution is -2.41. The summed E-state index contributed by atoms with van der Waals surface area (Å²) < 4.78 is 0. The maximum absolute atomic E-state index is 9.17. The maximum atomic E-state index is 9.17. The van der Waals surface area contributed by atoms with Gasteiger partial charge in [0.2, 0.25) is 0 Å². The molecule has 90 valence electrons. The zero-order chi connectivity index (χ0) is 12.4. The molecule has 1 aromatic carbocycles. The van der Waals surface area contributed by atoms with E-state index in [4.69, 9.17) is 11.6 Å². The van der Waals surface area contributed by atoms with Crippen LogP contribution in [0, 0.1) is 17.2 Å². The average Bonchev–Trinajstić information content (AvgIpc) is 2.32. The van der Waals surface area contributed by atoms with Gasteiger partial charge in [0, 0.05) is 17.6 Å². The van der Waals surface area contributed by atoms with Crippen molar-refractivity contribution in [1.29, 1.82) is 5.26 Å². The van der Waals surface area contributed by atoms with Gasteiger partial charge in [0.05, 0.1) is 11.3 Å². The molecule has 0 N–H and O–H groups in total. The molecule has 0 saturated carbocycles. The minimum atomic E-state index is 0.483. The fourth-order valence-electron chi connectivity index (χ4n) is 2.46. The Morgan fingerprint density at radius 1 is 1.35 bits per heavy atom. The van der Waals surface area contributed by atoms with Crippen LogP contribution in [0.2, 0.25) is 5.02 Å². The van der Waals surface area contributed by atoms with E-state index < -0.39 is 0 Å². The van der Waals surface area contributed by atoms with Gasteiger partial charge in [-0.3, -0.25) is 0 Å². The summed E-state index contributed by atoms with van der Waals surface area (Å²) in [5, 5.41) is 9.87. The molecule has 2 atom stereocenters. The van der Waals surface area contributed by atoms with E-state index in [0.29, 0.717) is 17.0 Å². The first-order valence-electron chi connectivity index (χ1n) is 6.08. The average molecular weight is 249 g/mol. The van der Waals surface area contributed by atoms with Gasteiger partial charge in [0.15, 0.2) is 0 Å². The van der Waals surface area contributed by atoms with Crippen LogP contribution in [0.25, 0.3) is 0 Å². The quantitative estimate of drug-likeness (QED) is 0.755. The third-order valence-electron chi connectivity index (χ3n) is 3.51. The highest BCUT2D eigenvalue weighted by atomic mass is 35.5. The van der Waals surface area contributed by atoms with E-state index in [9.17, 15) is 5.26 Å².